The van der Waals surface area contributed by atoms with E-state index in [4.69, 9.17) is 37.6 Å². The Hall–Kier alpha value is -5.56. The molecule has 328 valence electrons. The molecule has 0 saturated carbocycles. The van der Waals surface area contributed by atoms with Crippen LogP contribution in [-0.4, -0.2) is 55.3 Å². The molecule has 1 aliphatic rings. The van der Waals surface area contributed by atoms with E-state index in [1.54, 1.807) is 34.5 Å². The SMILES string of the molecule is COCOc1cc(CO[Si](c2ccccc2)(c2ccccc2)C(C)(C)C)c(/C(=C\CO)C2(OC)c3cccc(OCc4ccccc4)c3C2(OC)OC)c(OCc2ccccc2)c1. The fraction of sp³-hybridized carbons (Fsp3) is 0.283. The minimum absolute atomic E-state index is 0.00339. The zero-order valence-electron chi connectivity index (χ0n) is 37.3. The van der Waals surface area contributed by atoms with Crippen molar-refractivity contribution in [3.05, 3.63) is 191 Å². The molecule has 0 aliphatic heterocycles. The number of rotatable bonds is 20. The van der Waals surface area contributed by atoms with Crippen molar-refractivity contribution in [2.45, 2.75) is 57.0 Å². The molecule has 1 atom stereocenters. The molecule has 1 unspecified atom stereocenters. The number of methoxy groups -OCH3 is 4. The molecule has 63 heavy (non-hydrogen) atoms. The van der Waals surface area contributed by atoms with Crippen LogP contribution < -0.4 is 24.6 Å². The van der Waals surface area contributed by atoms with Crippen LogP contribution in [0.25, 0.3) is 5.57 Å². The van der Waals surface area contributed by atoms with Crippen molar-refractivity contribution in [1.29, 1.82) is 0 Å². The first-order chi connectivity index (χ1) is 30.6. The minimum Gasteiger partial charge on any atom is -0.488 e. The quantitative estimate of drug-likeness (QED) is 0.0596. The molecule has 0 radical (unpaired) electrons. The molecule has 1 N–H and O–H groups in total. The number of aliphatic hydroxyl groups excluding tert-OH is 1. The summed E-state index contributed by atoms with van der Waals surface area (Å²) in [5, 5.41) is 13.0. The van der Waals surface area contributed by atoms with Gasteiger partial charge in [-0.25, -0.2) is 0 Å². The maximum Gasteiger partial charge on any atom is 0.261 e. The molecule has 0 bridgehead atoms. The zero-order valence-corrected chi connectivity index (χ0v) is 38.3. The van der Waals surface area contributed by atoms with Crippen LogP contribution in [0.5, 0.6) is 17.2 Å². The van der Waals surface area contributed by atoms with E-state index >= 15 is 0 Å². The van der Waals surface area contributed by atoms with Gasteiger partial charge in [0, 0.05) is 51.2 Å². The highest BCUT2D eigenvalue weighted by Crippen LogP contribution is 2.66. The lowest BCUT2D eigenvalue weighted by Gasteiger charge is -2.58. The van der Waals surface area contributed by atoms with Gasteiger partial charge in [-0.05, 0) is 44.2 Å². The van der Waals surface area contributed by atoms with Crippen LogP contribution in [-0.2, 0) is 54.6 Å². The van der Waals surface area contributed by atoms with Gasteiger partial charge in [-0.3, -0.25) is 0 Å². The van der Waals surface area contributed by atoms with E-state index in [9.17, 15) is 5.11 Å². The summed E-state index contributed by atoms with van der Waals surface area (Å²) < 4.78 is 52.4. The van der Waals surface area contributed by atoms with Gasteiger partial charge in [0.05, 0.1) is 18.8 Å². The van der Waals surface area contributed by atoms with E-state index in [-0.39, 0.29) is 31.7 Å². The monoisotopic (exact) mass is 866 g/mol. The smallest absolute Gasteiger partial charge is 0.261 e. The summed E-state index contributed by atoms with van der Waals surface area (Å²) in [6.45, 7) is 7.08. The third kappa shape index (κ3) is 8.48. The molecule has 6 aromatic carbocycles. The van der Waals surface area contributed by atoms with Crippen LogP contribution in [0.4, 0.5) is 0 Å². The highest BCUT2D eigenvalue weighted by atomic mass is 28.4. The lowest BCUT2D eigenvalue weighted by molar-refractivity contribution is -0.327. The third-order valence-electron chi connectivity index (χ3n) is 11.9. The van der Waals surface area contributed by atoms with Gasteiger partial charge in [-0.2, -0.15) is 0 Å². The second kappa shape index (κ2) is 19.9. The second-order valence-electron chi connectivity index (χ2n) is 16.4. The summed E-state index contributed by atoms with van der Waals surface area (Å²) in [6.07, 6.45) is 1.74. The average molecular weight is 867 g/mol. The first-order valence-electron chi connectivity index (χ1n) is 21.1. The van der Waals surface area contributed by atoms with E-state index in [0.717, 1.165) is 32.6 Å². The Morgan fingerprint density at radius 3 is 1.63 bits per heavy atom. The summed E-state index contributed by atoms with van der Waals surface area (Å²) in [5.41, 5.74) is 3.82. The van der Waals surface area contributed by atoms with Gasteiger partial charge in [0.1, 0.15) is 30.5 Å². The second-order valence-corrected chi connectivity index (χ2v) is 20.7. The molecule has 0 fully saturated rings. The molecule has 10 heteroatoms. The molecule has 0 saturated heterocycles. The van der Waals surface area contributed by atoms with Gasteiger partial charge >= 0.3 is 0 Å². The summed E-state index contributed by atoms with van der Waals surface area (Å²) in [5.74, 6) is 0.00406. The lowest BCUT2D eigenvalue weighted by Crippen LogP contribution is -2.66. The van der Waals surface area contributed by atoms with E-state index < -0.39 is 19.7 Å². The largest absolute Gasteiger partial charge is 0.488 e. The van der Waals surface area contributed by atoms with Crippen LogP contribution >= 0.6 is 0 Å². The summed E-state index contributed by atoms with van der Waals surface area (Å²) in [6, 6.07) is 50.6. The van der Waals surface area contributed by atoms with Gasteiger partial charge in [0.2, 0.25) is 5.79 Å². The molecule has 0 amide bonds. The van der Waals surface area contributed by atoms with Crippen molar-refractivity contribution in [3.63, 3.8) is 0 Å². The Kier molecular flexibility index (Phi) is 14.3. The summed E-state index contributed by atoms with van der Waals surface area (Å²) in [4.78, 5) is 0. The molecule has 1 aliphatic carbocycles. The Morgan fingerprint density at radius 2 is 1.14 bits per heavy atom. The molecular formula is C53H58O9Si. The van der Waals surface area contributed by atoms with Crippen LogP contribution in [0.3, 0.4) is 0 Å². The van der Waals surface area contributed by atoms with E-state index in [0.29, 0.717) is 40.6 Å². The third-order valence-corrected chi connectivity index (χ3v) is 16.8. The number of aliphatic hydroxyl groups is 1. The Balaban J connectivity index is 1.47. The molecule has 6 aromatic rings. The molecular weight excluding hydrogens is 809 g/mol. The van der Waals surface area contributed by atoms with Crippen LogP contribution in [0.15, 0.2) is 158 Å². The van der Waals surface area contributed by atoms with Crippen molar-refractivity contribution in [2.24, 2.45) is 0 Å². The molecule has 0 spiro atoms. The molecule has 7 rings (SSSR count). The Labute approximate surface area is 372 Å². The number of ether oxygens (including phenoxy) is 7. The lowest BCUT2D eigenvalue weighted by atomic mass is 9.61. The van der Waals surface area contributed by atoms with Crippen molar-refractivity contribution >= 4 is 24.3 Å². The molecule has 9 nitrogen and oxygen atoms in total. The number of benzene rings is 6. The van der Waals surface area contributed by atoms with Crippen LogP contribution in [0, 0.1) is 0 Å². The number of hydrogen-bond donors (Lipinski definition) is 1. The van der Waals surface area contributed by atoms with Gasteiger partial charge < -0.3 is 42.7 Å². The number of hydrogen-bond acceptors (Lipinski definition) is 9. The Morgan fingerprint density at radius 1 is 0.603 bits per heavy atom. The fourth-order valence-electron chi connectivity index (χ4n) is 9.15. The van der Waals surface area contributed by atoms with Crippen LogP contribution in [0.1, 0.15) is 54.2 Å². The first kappa shape index (κ1) is 45.5. The maximum absolute atomic E-state index is 11.1. The van der Waals surface area contributed by atoms with E-state index in [1.165, 1.54) is 0 Å². The van der Waals surface area contributed by atoms with E-state index in [2.05, 4.69) is 69.3 Å². The fourth-order valence-corrected chi connectivity index (χ4v) is 13.7. The maximum atomic E-state index is 11.1. The van der Waals surface area contributed by atoms with Crippen LogP contribution in [0.2, 0.25) is 5.04 Å². The predicted octanol–water partition coefficient (Wildman–Crippen LogP) is 9.28. The van der Waals surface area contributed by atoms with Crippen molar-refractivity contribution in [2.75, 3.05) is 41.8 Å². The van der Waals surface area contributed by atoms with Crippen molar-refractivity contribution in [3.8, 4) is 17.2 Å². The summed E-state index contributed by atoms with van der Waals surface area (Å²) >= 11 is 0. The number of fused-ring (bicyclic) bond motifs is 1. The van der Waals surface area contributed by atoms with E-state index in [1.807, 2.05) is 103 Å². The highest BCUT2D eigenvalue weighted by molar-refractivity contribution is 6.99. The standard InChI is InChI=1S/C53H58O9Si/c1-51(2,3)63(43-25-16-10-17-26-43,44-27-18-11-19-28-44)62-37-41-33-42(61-38-55-4)34-48(60-36-40-23-14-9-15-24-40)49(41)45(31-32-54)52(56-5)46-29-20-30-47(50(46)53(52,57-6)58-7)59-35-39-21-12-8-13-22-39/h8-31,33-34,54H,32,35-38H2,1-7H3/b45-31+. The first-order valence-corrected chi connectivity index (χ1v) is 23.0. The minimum atomic E-state index is -3.10. The van der Waals surface area contributed by atoms with Crippen molar-refractivity contribution in [1.82, 2.24) is 0 Å². The highest BCUT2D eigenvalue weighted by Gasteiger charge is 2.70. The zero-order chi connectivity index (χ0) is 44.5. The van der Waals surface area contributed by atoms with Crippen molar-refractivity contribution < 1.29 is 42.7 Å². The van der Waals surface area contributed by atoms with Gasteiger partial charge in [0.25, 0.3) is 8.32 Å². The molecule has 0 aromatic heterocycles. The van der Waals surface area contributed by atoms with Gasteiger partial charge in [-0.15, -0.1) is 0 Å². The molecule has 0 heterocycles. The predicted molar refractivity (Wildman–Crippen MR) is 249 cm³/mol. The normalized spacial score (nSPS) is 15.9. The topological polar surface area (TPSA) is 94.1 Å². The Bertz CT molecular complexity index is 2390. The summed E-state index contributed by atoms with van der Waals surface area (Å²) in [7, 11) is 3.28. The average Bonchev–Trinajstić information content (AvgIpc) is 3.31. The van der Waals surface area contributed by atoms with Gasteiger partial charge in [0.15, 0.2) is 12.4 Å². The van der Waals surface area contributed by atoms with Gasteiger partial charge in [-0.1, -0.05) is 160 Å².